The van der Waals surface area contributed by atoms with E-state index in [0.717, 1.165) is 38.4 Å². The molecule has 0 aliphatic carbocycles. The fourth-order valence-corrected chi connectivity index (χ4v) is 8.41. The van der Waals surface area contributed by atoms with E-state index in [2.05, 4.69) is 164 Å². The zero-order valence-corrected chi connectivity index (χ0v) is 27.3. The third kappa shape index (κ3) is 4.62. The molecule has 10 aromatic rings. The van der Waals surface area contributed by atoms with E-state index in [1.54, 1.807) is 11.3 Å². The summed E-state index contributed by atoms with van der Waals surface area (Å²) in [5, 5.41) is 10.0. The maximum atomic E-state index is 5.30. The SMILES string of the molecule is c1ccc(-c2cccc(-c3nc(-c4ccc(-c5ccc6c7ccccc7c7ccccc7c6c5)cc4)c4c(n3)sc3ccccc34)c2)cc1. The first-order valence-electron chi connectivity index (χ1n) is 16.6. The number of aromatic nitrogens is 2. The quantitative estimate of drug-likeness (QED) is 0.179. The van der Waals surface area contributed by atoms with Crippen molar-refractivity contribution in [2.75, 3.05) is 0 Å². The highest BCUT2D eigenvalue weighted by Crippen LogP contribution is 2.41. The first-order chi connectivity index (χ1) is 24.3. The van der Waals surface area contributed by atoms with Crippen molar-refractivity contribution in [3.05, 3.63) is 170 Å². The second kappa shape index (κ2) is 11.2. The molecule has 0 atom stereocenters. The Balaban J connectivity index is 1.12. The van der Waals surface area contributed by atoms with Crippen LogP contribution in [0, 0.1) is 0 Å². The van der Waals surface area contributed by atoms with Gasteiger partial charge in [-0.2, -0.15) is 0 Å². The van der Waals surface area contributed by atoms with Gasteiger partial charge in [0.05, 0.1) is 5.69 Å². The molecule has 0 bridgehead atoms. The van der Waals surface area contributed by atoms with Crippen molar-refractivity contribution in [1.82, 2.24) is 9.97 Å². The predicted octanol–water partition coefficient (Wildman–Crippen LogP) is 13.0. The van der Waals surface area contributed by atoms with Crippen molar-refractivity contribution in [3.8, 4) is 44.9 Å². The van der Waals surface area contributed by atoms with Crippen LogP contribution in [0.2, 0.25) is 0 Å². The smallest absolute Gasteiger partial charge is 0.161 e. The van der Waals surface area contributed by atoms with Gasteiger partial charge in [0.25, 0.3) is 0 Å². The third-order valence-corrected chi connectivity index (χ3v) is 10.8. The molecule has 0 saturated heterocycles. The highest BCUT2D eigenvalue weighted by atomic mass is 32.1. The Morgan fingerprint density at radius 1 is 0.327 bits per heavy atom. The van der Waals surface area contributed by atoms with Crippen LogP contribution in [0.4, 0.5) is 0 Å². The maximum Gasteiger partial charge on any atom is 0.161 e. The molecule has 8 aromatic carbocycles. The van der Waals surface area contributed by atoms with E-state index < -0.39 is 0 Å². The Morgan fingerprint density at radius 3 is 1.57 bits per heavy atom. The van der Waals surface area contributed by atoms with Gasteiger partial charge in [0.15, 0.2) is 5.82 Å². The van der Waals surface area contributed by atoms with Crippen LogP contribution >= 0.6 is 11.3 Å². The van der Waals surface area contributed by atoms with Gasteiger partial charge < -0.3 is 0 Å². The molecule has 49 heavy (non-hydrogen) atoms. The summed E-state index contributed by atoms with van der Waals surface area (Å²) in [4.78, 5) is 11.5. The van der Waals surface area contributed by atoms with Crippen LogP contribution in [0.5, 0.6) is 0 Å². The molecule has 2 aromatic heterocycles. The molecule has 3 heteroatoms. The molecule has 0 fully saturated rings. The summed E-state index contributed by atoms with van der Waals surface area (Å²) in [5.74, 6) is 0.740. The molecule has 0 saturated carbocycles. The summed E-state index contributed by atoms with van der Waals surface area (Å²) in [6.45, 7) is 0. The summed E-state index contributed by atoms with van der Waals surface area (Å²) in [6.07, 6.45) is 0. The third-order valence-electron chi connectivity index (χ3n) is 9.70. The van der Waals surface area contributed by atoms with Gasteiger partial charge in [0.2, 0.25) is 0 Å². The number of benzene rings is 8. The summed E-state index contributed by atoms with van der Waals surface area (Å²) in [7, 11) is 0. The van der Waals surface area contributed by atoms with Gasteiger partial charge in [0.1, 0.15) is 4.83 Å². The summed E-state index contributed by atoms with van der Waals surface area (Å²) in [5.41, 5.74) is 7.76. The minimum absolute atomic E-state index is 0.740. The maximum absolute atomic E-state index is 5.30. The van der Waals surface area contributed by atoms with Crippen molar-refractivity contribution in [3.63, 3.8) is 0 Å². The lowest BCUT2D eigenvalue weighted by Gasteiger charge is -2.12. The van der Waals surface area contributed by atoms with E-state index >= 15 is 0 Å². The van der Waals surface area contributed by atoms with Crippen LogP contribution in [0.15, 0.2) is 170 Å². The van der Waals surface area contributed by atoms with E-state index in [1.807, 2.05) is 6.07 Å². The topological polar surface area (TPSA) is 25.8 Å². The molecule has 0 aliphatic heterocycles. The van der Waals surface area contributed by atoms with Crippen molar-refractivity contribution >= 4 is 64.0 Å². The van der Waals surface area contributed by atoms with Gasteiger partial charge in [-0.1, -0.05) is 152 Å². The fraction of sp³-hybridized carbons (Fsp3) is 0. The first-order valence-corrected chi connectivity index (χ1v) is 17.4. The van der Waals surface area contributed by atoms with Crippen molar-refractivity contribution < 1.29 is 0 Å². The molecule has 0 radical (unpaired) electrons. The van der Waals surface area contributed by atoms with E-state index in [1.165, 1.54) is 59.1 Å². The van der Waals surface area contributed by atoms with Crippen LogP contribution in [-0.4, -0.2) is 9.97 Å². The van der Waals surface area contributed by atoms with Gasteiger partial charge in [-0.3, -0.25) is 0 Å². The molecule has 2 heterocycles. The Kier molecular flexibility index (Phi) is 6.39. The lowest BCUT2D eigenvalue weighted by molar-refractivity contribution is 1.24. The first kappa shape index (κ1) is 27.9. The molecule has 228 valence electrons. The van der Waals surface area contributed by atoms with Gasteiger partial charge >= 0.3 is 0 Å². The zero-order chi connectivity index (χ0) is 32.3. The minimum atomic E-state index is 0.740. The largest absolute Gasteiger partial charge is 0.227 e. The Bertz CT molecular complexity index is 2830. The van der Waals surface area contributed by atoms with Crippen LogP contribution in [0.3, 0.4) is 0 Å². The lowest BCUT2D eigenvalue weighted by Crippen LogP contribution is -1.94. The van der Waals surface area contributed by atoms with Crippen molar-refractivity contribution in [2.45, 2.75) is 0 Å². The molecule has 0 aliphatic rings. The van der Waals surface area contributed by atoms with Crippen LogP contribution in [0.25, 0.3) is 97.5 Å². The number of fused-ring (bicyclic) bond motifs is 9. The van der Waals surface area contributed by atoms with E-state index in [9.17, 15) is 0 Å². The Hall–Kier alpha value is -6.16. The molecule has 0 amide bonds. The van der Waals surface area contributed by atoms with E-state index in [4.69, 9.17) is 9.97 Å². The van der Waals surface area contributed by atoms with Crippen LogP contribution in [-0.2, 0) is 0 Å². The van der Waals surface area contributed by atoms with Crippen LogP contribution in [0.1, 0.15) is 0 Å². The van der Waals surface area contributed by atoms with Gasteiger partial charge in [-0.15, -0.1) is 11.3 Å². The molecule has 10 rings (SSSR count). The average Bonchev–Trinajstić information content (AvgIpc) is 3.57. The highest BCUT2D eigenvalue weighted by Gasteiger charge is 2.17. The van der Waals surface area contributed by atoms with Crippen LogP contribution < -0.4 is 0 Å². The normalized spacial score (nSPS) is 11.7. The fourth-order valence-electron chi connectivity index (χ4n) is 7.34. The summed E-state index contributed by atoms with van der Waals surface area (Å²) < 4.78 is 1.22. The average molecular weight is 641 g/mol. The van der Waals surface area contributed by atoms with E-state index in [-0.39, 0.29) is 0 Å². The number of hydrogen-bond acceptors (Lipinski definition) is 3. The number of thiophene rings is 1. The predicted molar refractivity (Wildman–Crippen MR) is 209 cm³/mol. The molecule has 0 unspecified atom stereocenters. The lowest BCUT2D eigenvalue weighted by atomic mass is 9.92. The second-order valence-corrected chi connectivity index (χ2v) is 13.6. The van der Waals surface area contributed by atoms with Crippen molar-refractivity contribution in [2.24, 2.45) is 0 Å². The van der Waals surface area contributed by atoms with Gasteiger partial charge in [-0.05, 0) is 72.8 Å². The van der Waals surface area contributed by atoms with E-state index in [0.29, 0.717) is 0 Å². The monoisotopic (exact) mass is 640 g/mol. The van der Waals surface area contributed by atoms with Gasteiger partial charge in [-0.25, -0.2) is 9.97 Å². The number of rotatable bonds is 4. The summed E-state index contributed by atoms with van der Waals surface area (Å²) in [6, 6.07) is 60.9. The molecule has 0 N–H and O–H groups in total. The Morgan fingerprint density at radius 2 is 0.837 bits per heavy atom. The standard InChI is InChI=1S/C46H28N2S/c1-2-11-29(12-3-1)32-13-10-14-34(27-32)45-47-44(43-40-19-8-9-20-42(40)49-46(43)48-45)31-23-21-30(22-24-31)33-25-26-39-37-17-5-4-15-35(37)36-16-6-7-18-38(36)41(39)28-33/h1-28H. The molecular weight excluding hydrogens is 613 g/mol. The zero-order valence-electron chi connectivity index (χ0n) is 26.5. The number of nitrogens with zero attached hydrogens (tertiary/aromatic N) is 2. The molecule has 2 nitrogen and oxygen atoms in total. The molecule has 0 spiro atoms. The van der Waals surface area contributed by atoms with Crippen molar-refractivity contribution in [1.29, 1.82) is 0 Å². The highest BCUT2D eigenvalue weighted by molar-refractivity contribution is 7.25. The molecular formula is C46H28N2S. The Labute approximate surface area is 287 Å². The number of hydrogen-bond donors (Lipinski definition) is 0. The van der Waals surface area contributed by atoms with Gasteiger partial charge in [0, 0.05) is 26.6 Å². The minimum Gasteiger partial charge on any atom is -0.227 e. The summed E-state index contributed by atoms with van der Waals surface area (Å²) >= 11 is 1.73. The second-order valence-electron chi connectivity index (χ2n) is 12.5.